The molecule has 0 bridgehead atoms. The van der Waals surface area contributed by atoms with Crippen LogP contribution in [-0.4, -0.2) is 19.7 Å². The summed E-state index contributed by atoms with van der Waals surface area (Å²) >= 11 is 8.15. The maximum absolute atomic E-state index is 6.32. The van der Waals surface area contributed by atoms with Crippen LogP contribution < -0.4 is 0 Å². The second-order valence-electron chi connectivity index (χ2n) is 4.07. The van der Waals surface area contributed by atoms with Crippen LogP contribution >= 0.6 is 23.4 Å². The van der Waals surface area contributed by atoms with Crippen LogP contribution in [0.5, 0.6) is 0 Å². The number of aryl methyl sites for hydroxylation is 2. The second kappa shape index (κ2) is 3.99. The molecule has 6 heteroatoms. The first-order chi connectivity index (χ1) is 8.15. The largest absolute Gasteiger partial charge is 0.252 e. The van der Waals surface area contributed by atoms with Gasteiger partial charge in [-0.15, -0.1) is 0 Å². The highest BCUT2D eigenvalue weighted by Crippen LogP contribution is 2.34. The Hall–Kier alpha value is -1.07. The molecular weight excluding hydrogens is 256 g/mol. The maximum Gasteiger partial charge on any atom is 0.252 e. The molecule has 0 aromatic carbocycles. The SMILES string of the molecule is Cc1cc(C)nc(-n2nc3c(c2Cl)CSC3)n1. The lowest BCUT2D eigenvalue weighted by molar-refractivity contribution is 0.783. The van der Waals surface area contributed by atoms with Crippen LogP contribution in [0.1, 0.15) is 22.6 Å². The van der Waals surface area contributed by atoms with Crippen LogP contribution in [0.15, 0.2) is 6.07 Å². The zero-order valence-electron chi connectivity index (χ0n) is 9.57. The van der Waals surface area contributed by atoms with Gasteiger partial charge < -0.3 is 0 Å². The fourth-order valence-electron chi connectivity index (χ4n) is 1.92. The van der Waals surface area contributed by atoms with E-state index in [0.29, 0.717) is 11.1 Å². The van der Waals surface area contributed by atoms with Gasteiger partial charge in [-0.05, 0) is 19.9 Å². The van der Waals surface area contributed by atoms with Crippen molar-refractivity contribution in [3.8, 4) is 5.95 Å². The Labute approximate surface area is 108 Å². The summed E-state index contributed by atoms with van der Waals surface area (Å²) in [5.41, 5.74) is 4.03. The summed E-state index contributed by atoms with van der Waals surface area (Å²) in [5, 5.41) is 5.13. The van der Waals surface area contributed by atoms with Crippen LogP contribution in [-0.2, 0) is 11.5 Å². The van der Waals surface area contributed by atoms with Crippen molar-refractivity contribution in [3.63, 3.8) is 0 Å². The number of thioether (sulfide) groups is 1. The summed E-state index contributed by atoms with van der Waals surface area (Å²) in [4.78, 5) is 8.75. The lowest BCUT2D eigenvalue weighted by Gasteiger charge is -2.04. The third kappa shape index (κ3) is 1.83. The number of halogens is 1. The molecule has 0 saturated heterocycles. The van der Waals surface area contributed by atoms with Gasteiger partial charge in [0.2, 0.25) is 0 Å². The van der Waals surface area contributed by atoms with Gasteiger partial charge >= 0.3 is 0 Å². The van der Waals surface area contributed by atoms with Crippen LogP contribution in [0.3, 0.4) is 0 Å². The average molecular weight is 267 g/mol. The van der Waals surface area contributed by atoms with Gasteiger partial charge in [0, 0.05) is 28.5 Å². The molecule has 0 atom stereocenters. The molecule has 3 heterocycles. The Morgan fingerprint density at radius 1 is 1.24 bits per heavy atom. The Morgan fingerprint density at radius 2 is 1.94 bits per heavy atom. The molecule has 17 heavy (non-hydrogen) atoms. The van der Waals surface area contributed by atoms with Crippen molar-refractivity contribution in [2.24, 2.45) is 0 Å². The molecule has 0 radical (unpaired) electrons. The summed E-state index contributed by atoms with van der Waals surface area (Å²) in [5.74, 6) is 2.41. The standard InChI is InChI=1S/C11H11ClN4S/c1-6-3-7(2)14-11(13-6)16-10(12)8-4-17-5-9(8)15-16/h3H,4-5H2,1-2H3. The number of nitrogens with zero attached hydrogens (tertiary/aromatic N) is 4. The third-order valence-corrected chi connectivity index (χ3v) is 4.01. The first kappa shape index (κ1) is 11.0. The van der Waals surface area contributed by atoms with E-state index < -0.39 is 0 Å². The van der Waals surface area contributed by atoms with E-state index in [0.717, 1.165) is 34.2 Å². The smallest absolute Gasteiger partial charge is 0.216 e. The highest BCUT2D eigenvalue weighted by atomic mass is 35.5. The minimum absolute atomic E-state index is 0.562. The monoisotopic (exact) mass is 266 g/mol. The third-order valence-electron chi connectivity index (χ3n) is 2.65. The molecule has 0 fully saturated rings. The lowest BCUT2D eigenvalue weighted by Crippen LogP contribution is -2.06. The van der Waals surface area contributed by atoms with E-state index in [1.54, 1.807) is 4.68 Å². The highest BCUT2D eigenvalue weighted by molar-refractivity contribution is 7.98. The number of hydrogen-bond donors (Lipinski definition) is 0. The zero-order valence-corrected chi connectivity index (χ0v) is 11.1. The van der Waals surface area contributed by atoms with Gasteiger partial charge in [-0.3, -0.25) is 0 Å². The van der Waals surface area contributed by atoms with Crippen LogP contribution in [0.4, 0.5) is 0 Å². The fourth-order valence-corrected chi connectivity index (χ4v) is 3.32. The summed E-state index contributed by atoms with van der Waals surface area (Å²) in [6.45, 7) is 3.89. The van der Waals surface area contributed by atoms with Crippen LogP contribution in [0.2, 0.25) is 5.15 Å². The van der Waals surface area contributed by atoms with E-state index in [9.17, 15) is 0 Å². The van der Waals surface area contributed by atoms with Gasteiger partial charge in [-0.2, -0.15) is 21.5 Å². The van der Waals surface area contributed by atoms with E-state index in [4.69, 9.17) is 11.6 Å². The van der Waals surface area contributed by atoms with Gasteiger partial charge in [-0.1, -0.05) is 11.6 Å². The summed E-state index contributed by atoms with van der Waals surface area (Å²) in [7, 11) is 0. The Bertz CT molecular complexity index is 573. The molecule has 0 saturated carbocycles. The number of aromatic nitrogens is 4. The maximum atomic E-state index is 6.32. The Kier molecular flexibility index (Phi) is 2.60. The summed E-state index contributed by atoms with van der Waals surface area (Å²) in [6.07, 6.45) is 0. The zero-order chi connectivity index (χ0) is 12.0. The minimum atomic E-state index is 0.562. The van der Waals surface area contributed by atoms with Crippen molar-refractivity contribution >= 4 is 23.4 Å². The molecule has 2 aromatic heterocycles. The summed E-state index contributed by atoms with van der Waals surface area (Å²) in [6, 6.07) is 1.93. The second-order valence-corrected chi connectivity index (χ2v) is 5.41. The molecule has 1 aliphatic rings. The fraction of sp³-hybridized carbons (Fsp3) is 0.364. The topological polar surface area (TPSA) is 43.6 Å². The van der Waals surface area contributed by atoms with Crippen molar-refractivity contribution in [2.75, 3.05) is 0 Å². The van der Waals surface area contributed by atoms with Gasteiger partial charge in [0.05, 0.1) is 5.69 Å². The van der Waals surface area contributed by atoms with Crippen LogP contribution in [0, 0.1) is 13.8 Å². The number of hydrogen-bond acceptors (Lipinski definition) is 4. The van der Waals surface area contributed by atoms with Gasteiger partial charge in [0.1, 0.15) is 5.15 Å². The normalized spacial score (nSPS) is 14.1. The van der Waals surface area contributed by atoms with Crippen LogP contribution in [0.25, 0.3) is 5.95 Å². The van der Waals surface area contributed by atoms with Crippen molar-refractivity contribution in [1.29, 1.82) is 0 Å². The van der Waals surface area contributed by atoms with Crippen molar-refractivity contribution < 1.29 is 0 Å². The first-order valence-electron chi connectivity index (χ1n) is 5.32. The van der Waals surface area contributed by atoms with Gasteiger partial charge in [0.25, 0.3) is 5.95 Å². The highest BCUT2D eigenvalue weighted by Gasteiger charge is 2.23. The predicted molar refractivity (Wildman–Crippen MR) is 68.6 cm³/mol. The Balaban J connectivity index is 2.15. The van der Waals surface area contributed by atoms with E-state index in [1.165, 1.54) is 0 Å². The number of rotatable bonds is 1. The first-order valence-corrected chi connectivity index (χ1v) is 6.85. The molecule has 0 amide bonds. The molecule has 88 valence electrons. The molecule has 0 spiro atoms. The molecule has 4 nitrogen and oxygen atoms in total. The average Bonchev–Trinajstić information content (AvgIpc) is 2.80. The molecule has 0 N–H and O–H groups in total. The van der Waals surface area contributed by atoms with Gasteiger partial charge in [0.15, 0.2) is 0 Å². The van der Waals surface area contributed by atoms with E-state index in [1.807, 2.05) is 31.7 Å². The quantitative estimate of drug-likeness (QED) is 0.796. The molecule has 0 unspecified atom stereocenters. The minimum Gasteiger partial charge on any atom is -0.216 e. The molecular formula is C11H11ClN4S. The Morgan fingerprint density at radius 3 is 2.59 bits per heavy atom. The number of fused-ring (bicyclic) bond motifs is 1. The van der Waals surface area contributed by atoms with Gasteiger partial charge in [-0.25, -0.2) is 9.97 Å². The van der Waals surface area contributed by atoms with E-state index in [2.05, 4.69) is 15.1 Å². The van der Waals surface area contributed by atoms with Crippen molar-refractivity contribution in [2.45, 2.75) is 25.4 Å². The lowest BCUT2D eigenvalue weighted by atomic mass is 10.3. The molecule has 0 aliphatic carbocycles. The van der Waals surface area contributed by atoms with Crippen molar-refractivity contribution in [1.82, 2.24) is 19.7 Å². The van der Waals surface area contributed by atoms with E-state index >= 15 is 0 Å². The molecule has 1 aliphatic heterocycles. The molecule has 2 aromatic rings. The predicted octanol–water partition coefficient (Wildman–Crippen LogP) is 2.68. The van der Waals surface area contributed by atoms with Crippen molar-refractivity contribution in [3.05, 3.63) is 33.9 Å². The summed E-state index contributed by atoms with van der Waals surface area (Å²) < 4.78 is 1.64. The van der Waals surface area contributed by atoms with E-state index in [-0.39, 0.29) is 0 Å². The molecule has 3 rings (SSSR count).